The lowest BCUT2D eigenvalue weighted by atomic mass is 9.92. The molecular formula is C29H40N2O5. The molecule has 0 N–H and O–H groups in total. The molecule has 2 aliphatic rings. The predicted octanol–water partition coefficient (Wildman–Crippen LogP) is 5.22. The second-order valence-corrected chi connectivity index (χ2v) is 10.1. The molecule has 0 saturated heterocycles. The normalized spacial score (nSPS) is 16.6. The molecule has 36 heavy (non-hydrogen) atoms. The fourth-order valence-corrected chi connectivity index (χ4v) is 5.62. The molecule has 1 aromatic carbocycles. The highest BCUT2D eigenvalue weighted by molar-refractivity contribution is 5.86. The number of benzene rings is 1. The summed E-state index contributed by atoms with van der Waals surface area (Å²) < 4.78 is 16.4. The molecule has 1 aromatic heterocycles. The fraction of sp³-hybridized carbons (Fsp3) is 0.586. The summed E-state index contributed by atoms with van der Waals surface area (Å²) in [5.41, 5.74) is 1.05. The molecule has 2 saturated carbocycles. The van der Waals surface area contributed by atoms with Gasteiger partial charge >= 0.3 is 0 Å². The van der Waals surface area contributed by atoms with E-state index in [0.29, 0.717) is 31.0 Å². The highest BCUT2D eigenvalue weighted by Gasteiger charge is 2.34. The highest BCUT2D eigenvalue weighted by atomic mass is 16.5. The van der Waals surface area contributed by atoms with Crippen LogP contribution in [0.5, 0.6) is 11.5 Å². The maximum Gasteiger partial charge on any atom is 0.242 e. The van der Waals surface area contributed by atoms with Crippen LogP contribution in [-0.2, 0) is 22.6 Å². The first-order chi connectivity index (χ1) is 17.6. The zero-order chi connectivity index (χ0) is 25.3. The quantitative estimate of drug-likeness (QED) is 0.427. The molecule has 0 spiro atoms. The molecule has 1 heterocycles. The average molecular weight is 497 g/mol. The lowest BCUT2D eigenvalue weighted by Crippen LogP contribution is -2.50. The first-order valence-corrected chi connectivity index (χ1v) is 13.4. The van der Waals surface area contributed by atoms with Crippen molar-refractivity contribution in [2.75, 3.05) is 27.3 Å². The number of carbonyl (C=O) groups is 2. The Labute approximate surface area is 214 Å². The first kappa shape index (κ1) is 26.1. The van der Waals surface area contributed by atoms with Gasteiger partial charge in [-0.25, -0.2) is 0 Å². The van der Waals surface area contributed by atoms with Crippen LogP contribution in [0, 0.1) is 5.92 Å². The fourth-order valence-electron chi connectivity index (χ4n) is 5.62. The van der Waals surface area contributed by atoms with E-state index in [1.165, 1.54) is 6.42 Å². The molecular weight excluding hydrogens is 456 g/mol. The number of ether oxygens (including phenoxy) is 2. The van der Waals surface area contributed by atoms with Gasteiger partial charge in [0.05, 0.1) is 27.0 Å². The molecule has 0 aliphatic heterocycles. The SMILES string of the molecule is COc1ccc(CCN(Cc2ccco2)C(=O)CN(C(=O)C2CCCC2)C2CCCCC2)cc1OC. The Kier molecular flexibility index (Phi) is 9.31. The van der Waals surface area contributed by atoms with Crippen LogP contribution < -0.4 is 9.47 Å². The molecule has 0 radical (unpaired) electrons. The zero-order valence-electron chi connectivity index (χ0n) is 21.7. The Morgan fingerprint density at radius 3 is 2.33 bits per heavy atom. The van der Waals surface area contributed by atoms with E-state index < -0.39 is 0 Å². The van der Waals surface area contributed by atoms with Crippen LogP contribution in [0.2, 0.25) is 0 Å². The largest absolute Gasteiger partial charge is 0.493 e. The molecule has 7 nitrogen and oxygen atoms in total. The third-order valence-corrected chi connectivity index (χ3v) is 7.71. The number of rotatable bonds is 11. The Hall–Kier alpha value is -2.96. The van der Waals surface area contributed by atoms with Crippen molar-refractivity contribution in [2.24, 2.45) is 5.92 Å². The van der Waals surface area contributed by atoms with Crippen molar-refractivity contribution in [2.45, 2.75) is 76.8 Å². The standard InChI is InChI=1S/C29H40N2O5/c1-34-26-15-14-22(19-27(26)35-2)16-17-30(20-25-13-8-18-36-25)28(32)21-31(24-11-4-3-5-12-24)29(33)23-9-6-7-10-23/h8,13-15,18-19,23-24H,3-7,9-12,16-17,20-21H2,1-2H3. The van der Waals surface area contributed by atoms with Gasteiger partial charge in [0.2, 0.25) is 11.8 Å². The molecule has 7 heteroatoms. The summed E-state index contributed by atoms with van der Waals surface area (Å²) in [6.45, 7) is 1.05. The van der Waals surface area contributed by atoms with E-state index in [1.807, 2.05) is 40.1 Å². The lowest BCUT2D eigenvalue weighted by molar-refractivity contribution is -0.146. The Bertz CT molecular complexity index is 978. The third-order valence-electron chi connectivity index (χ3n) is 7.71. The van der Waals surface area contributed by atoms with Gasteiger partial charge in [0.1, 0.15) is 12.3 Å². The number of furan rings is 1. The van der Waals surface area contributed by atoms with E-state index in [1.54, 1.807) is 20.5 Å². The number of hydrogen-bond acceptors (Lipinski definition) is 5. The van der Waals surface area contributed by atoms with Crippen LogP contribution in [0.4, 0.5) is 0 Å². The van der Waals surface area contributed by atoms with Gasteiger partial charge in [-0.05, 0) is 61.9 Å². The maximum atomic E-state index is 13.7. The van der Waals surface area contributed by atoms with Gasteiger partial charge in [0.25, 0.3) is 0 Å². The monoisotopic (exact) mass is 496 g/mol. The van der Waals surface area contributed by atoms with Gasteiger partial charge in [-0.2, -0.15) is 0 Å². The van der Waals surface area contributed by atoms with Crippen molar-refractivity contribution in [3.63, 3.8) is 0 Å². The van der Waals surface area contributed by atoms with Crippen LogP contribution in [-0.4, -0.2) is 55.0 Å². The minimum Gasteiger partial charge on any atom is -0.493 e. The van der Waals surface area contributed by atoms with E-state index in [-0.39, 0.29) is 30.3 Å². The number of carbonyl (C=O) groups excluding carboxylic acids is 2. The second-order valence-electron chi connectivity index (χ2n) is 10.1. The molecule has 4 rings (SSSR count). The van der Waals surface area contributed by atoms with Gasteiger partial charge in [-0.1, -0.05) is 38.2 Å². The van der Waals surface area contributed by atoms with Gasteiger partial charge < -0.3 is 23.7 Å². The summed E-state index contributed by atoms with van der Waals surface area (Å²) in [6, 6.07) is 9.73. The number of methoxy groups -OCH3 is 2. The molecule has 0 bridgehead atoms. The highest BCUT2D eigenvalue weighted by Crippen LogP contribution is 2.31. The summed E-state index contributed by atoms with van der Waals surface area (Å²) in [4.78, 5) is 31.0. The summed E-state index contributed by atoms with van der Waals surface area (Å²) >= 11 is 0. The molecule has 2 fully saturated rings. The maximum absolute atomic E-state index is 13.7. The van der Waals surface area contributed by atoms with E-state index >= 15 is 0 Å². The molecule has 2 aromatic rings. The number of nitrogens with zero attached hydrogens (tertiary/aromatic N) is 2. The van der Waals surface area contributed by atoms with Crippen LogP contribution in [0.3, 0.4) is 0 Å². The summed E-state index contributed by atoms with van der Waals surface area (Å²) in [5, 5.41) is 0. The predicted molar refractivity (Wildman–Crippen MR) is 138 cm³/mol. The van der Waals surface area contributed by atoms with Crippen LogP contribution in [0.15, 0.2) is 41.0 Å². The Morgan fingerprint density at radius 2 is 1.67 bits per heavy atom. The molecule has 0 atom stereocenters. The van der Waals surface area contributed by atoms with Crippen molar-refractivity contribution in [3.05, 3.63) is 47.9 Å². The molecule has 2 amide bonds. The lowest BCUT2D eigenvalue weighted by Gasteiger charge is -2.37. The van der Waals surface area contributed by atoms with Crippen molar-refractivity contribution < 1.29 is 23.5 Å². The van der Waals surface area contributed by atoms with E-state index in [9.17, 15) is 9.59 Å². The van der Waals surface area contributed by atoms with E-state index in [0.717, 1.165) is 62.7 Å². The van der Waals surface area contributed by atoms with Crippen molar-refractivity contribution >= 4 is 11.8 Å². The van der Waals surface area contributed by atoms with Gasteiger partial charge in [-0.15, -0.1) is 0 Å². The topological polar surface area (TPSA) is 72.2 Å². The van der Waals surface area contributed by atoms with Gasteiger partial charge in [0.15, 0.2) is 11.5 Å². The number of hydrogen-bond donors (Lipinski definition) is 0. The first-order valence-electron chi connectivity index (χ1n) is 13.4. The smallest absolute Gasteiger partial charge is 0.242 e. The van der Waals surface area contributed by atoms with Gasteiger partial charge in [-0.3, -0.25) is 9.59 Å². The van der Waals surface area contributed by atoms with E-state index in [4.69, 9.17) is 13.9 Å². The average Bonchev–Trinajstić information content (AvgIpc) is 3.64. The van der Waals surface area contributed by atoms with Crippen molar-refractivity contribution in [1.29, 1.82) is 0 Å². The minimum atomic E-state index is -0.0243. The summed E-state index contributed by atoms with van der Waals surface area (Å²) in [6.07, 6.45) is 11.9. The van der Waals surface area contributed by atoms with Crippen molar-refractivity contribution in [1.82, 2.24) is 9.80 Å². The number of amides is 2. The van der Waals surface area contributed by atoms with Crippen molar-refractivity contribution in [3.8, 4) is 11.5 Å². The third kappa shape index (κ3) is 6.62. The van der Waals surface area contributed by atoms with Gasteiger partial charge in [0, 0.05) is 18.5 Å². The molecule has 0 unspecified atom stereocenters. The van der Waals surface area contributed by atoms with Crippen LogP contribution >= 0.6 is 0 Å². The minimum absolute atomic E-state index is 0.0243. The van der Waals surface area contributed by atoms with E-state index in [2.05, 4.69) is 0 Å². The molecule has 196 valence electrons. The Morgan fingerprint density at radius 1 is 0.944 bits per heavy atom. The zero-order valence-corrected chi connectivity index (χ0v) is 21.7. The summed E-state index contributed by atoms with van der Waals surface area (Å²) in [7, 11) is 3.24. The molecule has 2 aliphatic carbocycles. The van der Waals surface area contributed by atoms with Crippen LogP contribution in [0.1, 0.15) is 69.1 Å². The van der Waals surface area contributed by atoms with Crippen LogP contribution in [0.25, 0.3) is 0 Å². The summed E-state index contributed by atoms with van der Waals surface area (Å²) in [5.74, 6) is 2.32. The Balaban J connectivity index is 1.49. The second kappa shape index (κ2) is 12.8.